The van der Waals surface area contributed by atoms with E-state index >= 15 is 0 Å². The van der Waals surface area contributed by atoms with Crippen LogP contribution < -0.4 is 0 Å². The Kier molecular flexibility index (Phi) is 4.25. The summed E-state index contributed by atoms with van der Waals surface area (Å²) in [6.07, 6.45) is -0.148. The summed E-state index contributed by atoms with van der Waals surface area (Å²) < 4.78 is 6.13. The zero-order valence-corrected chi connectivity index (χ0v) is 12.6. The quantitative estimate of drug-likeness (QED) is 0.883. The van der Waals surface area contributed by atoms with Gasteiger partial charge in [-0.25, -0.2) is 0 Å². The lowest BCUT2D eigenvalue weighted by Crippen LogP contribution is -2.10. The number of aliphatic carboxylic acids is 1. The molecule has 0 heterocycles. The fourth-order valence-corrected chi connectivity index (χ4v) is 3.06. The maximum atomic E-state index is 11.1. The van der Waals surface area contributed by atoms with Crippen LogP contribution in [0.2, 0.25) is 0 Å². The predicted octanol–water partition coefficient (Wildman–Crippen LogP) is 3.76. The van der Waals surface area contributed by atoms with Gasteiger partial charge in [-0.2, -0.15) is 0 Å². The first-order valence-electron chi connectivity index (χ1n) is 7.63. The summed E-state index contributed by atoms with van der Waals surface area (Å²) in [5.74, 6) is -0.651. The van der Waals surface area contributed by atoms with Crippen molar-refractivity contribution >= 4 is 5.97 Å². The molecule has 0 saturated heterocycles. The maximum absolute atomic E-state index is 11.1. The van der Waals surface area contributed by atoms with Gasteiger partial charge in [0.05, 0.1) is 12.5 Å². The molecule has 2 aromatic carbocycles. The molecule has 3 unspecified atom stereocenters. The Morgan fingerprint density at radius 2 is 1.55 bits per heavy atom. The van der Waals surface area contributed by atoms with Crippen LogP contribution in [0.15, 0.2) is 60.7 Å². The summed E-state index contributed by atoms with van der Waals surface area (Å²) in [5, 5.41) is 9.14. The molecule has 2 aromatic rings. The minimum Gasteiger partial charge on any atom is -0.481 e. The van der Waals surface area contributed by atoms with E-state index in [4.69, 9.17) is 9.84 Å². The lowest BCUT2D eigenvalue weighted by Gasteiger charge is -2.19. The zero-order valence-electron chi connectivity index (χ0n) is 12.6. The van der Waals surface area contributed by atoms with E-state index in [2.05, 4.69) is 0 Å². The van der Waals surface area contributed by atoms with Crippen LogP contribution in [0.1, 0.15) is 24.2 Å². The number of ether oxygens (including phenoxy) is 1. The van der Waals surface area contributed by atoms with Crippen LogP contribution in [0.5, 0.6) is 0 Å². The largest absolute Gasteiger partial charge is 0.481 e. The normalized spacial score (nSPS) is 23.5. The van der Waals surface area contributed by atoms with Gasteiger partial charge in [0, 0.05) is 0 Å². The lowest BCUT2D eigenvalue weighted by molar-refractivity contribution is -0.139. The van der Waals surface area contributed by atoms with Gasteiger partial charge < -0.3 is 9.84 Å². The molecule has 22 heavy (non-hydrogen) atoms. The summed E-state index contributed by atoms with van der Waals surface area (Å²) in [5.41, 5.74) is 2.18. The molecule has 3 nitrogen and oxygen atoms in total. The average molecular weight is 296 g/mol. The van der Waals surface area contributed by atoms with E-state index in [-0.39, 0.29) is 23.9 Å². The van der Waals surface area contributed by atoms with Gasteiger partial charge in [0.1, 0.15) is 6.10 Å². The third-order valence-corrected chi connectivity index (χ3v) is 4.51. The maximum Gasteiger partial charge on any atom is 0.307 e. The number of carbonyl (C=O) groups is 1. The Balaban J connectivity index is 1.75. The Bertz CT molecular complexity index is 584. The van der Waals surface area contributed by atoms with E-state index < -0.39 is 5.97 Å². The van der Waals surface area contributed by atoms with Crippen molar-refractivity contribution in [3.8, 4) is 0 Å². The molecule has 0 amide bonds. The molecular formula is C19H20O3. The molecule has 114 valence electrons. The Morgan fingerprint density at radius 3 is 1.95 bits per heavy atom. The second-order valence-electron chi connectivity index (χ2n) is 5.92. The third kappa shape index (κ3) is 3.04. The Labute approximate surface area is 130 Å². The average Bonchev–Trinajstić information content (AvgIpc) is 3.20. The van der Waals surface area contributed by atoms with Crippen LogP contribution in [0.3, 0.4) is 0 Å². The molecule has 0 aromatic heterocycles. The van der Waals surface area contributed by atoms with E-state index in [0.29, 0.717) is 6.61 Å². The van der Waals surface area contributed by atoms with Crippen molar-refractivity contribution in [3.05, 3.63) is 71.8 Å². The summed E-state index contributed by atoms with van der Waals surface area (Å²) in [6, 6.07) is 20.1. The smallest absolute Gasteiger partial charge is 0.307 e. The van der Waals surface area contributed by atoms with Crippen LogP contribution in [0, 0.1) is 17.8 Å². The van der Waals surface area contributed by atoms with Crippen LogP contribution in [-0.4, -0.2) is 17.7 Å². The van der Waals surface area contributed by atoms with Crippen LogP contribution in [-0.2, 0) is 9.53 Å². The van der Waals surface area contributed by atoms with Gasteiger partial charge in [0.25, 0.3) is 0 Å². The molecule has 3 atom stereocenters. The molecule has 1 N–H and O–H groups in total. The first-order valence-corrected chi connectivity index (χ1v) is 7.63. The van der Waals surface area contributed by atoms with Crippen molar-refractivity contribution in [2.24, 2.45) is 17.8 Å². The summed E-state index contributed by atoms with van der Waals surface area (Å²) in [7, 11) is 0. The van der Waals surface area contributed by atoms with Gasteiger partial charge in [-0.05, 0) is 23.0 Å². The molecular weight excluding hydrogens is 276 g/mol. The van der Waals surface area contributed by atoms with Gasteiger partial charge in [-0.1, -0.05) is 67.6 Å². The van der Waals surface area contributed by atoms with Crippen LogP contribution in [0.4, 0.5) is 0 Å². The summed E-state index contributed by atoms with van der Waals surface area (Å²) in [6.45, 7) is 2.46. The second kappa shape index (κ2) is 6.32. The number of hydrogen-bond donors (Lipinski definition) is 1. The van der Waals surface area contributed by atoms with Crippen LogP contribution >= 0.6 is 0 Å². The Hall–Kier alpha value is -2.13. The number of hydrogen-bond acceptors (Lipinski definition) is 2. The number of rotatable bonds is 6. The fourth-order valence-electron chi connectivity index (χ4n) is 3.06. The van der Waals surface area contributed by atoms with E-state index in [1.807, 2.05) is 67.6 Å². The standard InChI is InChI=1S/C19H20O3/c1-13-16(17(13)19(20)21)12-22-18(14-8-4-2-5-9-14)15-10-6-3-7-11-15/h2-11,13,16-18H,12H2,1H3,(H,20,21). The van der Waals surface area contributed by atoms with Gasteiger partial charge in [-0.3, -0.25) is 4.79 Å². The fraction of sp³-hybridized carbons (Fsp3) is 0.316. The van der Waals surface area contributed by atoms with E-state index in [9.17, 15) is 4.79 Å². The molecule has 0 spiro atoms. The van der Waals surface area contributed by atoms with Crippen molar-refractivity contribution in [2.45, 2.75) is 13.0 Å². The monoisotopic (exact) mass is 296 g/mol. The van der Waals surface area contributed by atoms with Crippen molar-refractivity contribution in [1.82, 2.24) is 0 Å². The first kappa shape index (κ1) is 14.8. The predicted molar refractivity (Wildman–Crippen MR) is 84.5 cm³/mol. The molecule has 1 aliphatic carbocycles. The minimum absolute atomic E-state index is 0.118. The first-order chi connectivity index (χ1) is 10.7. The molecule has 0 aliphatic heterocycles. The van der Waals surface area contributed by atoms with E-state index in [0.717, 1.165) is 11.1 Å². The molecule has 3 rings (SSSR count). The minimum atomic E-state index is -0.711. The highest BCUT2D eigenvalue weighted by Crippen LogP contribution is 2.47. The zero-order chi connectivity index (χ0) is 15.5. The molecule has 1 fully saturated rings. The second-order valence-corrected chi connectivity index (χ2v) is 5.92. The highest BCUT2D eigenvalue weighted by molar-refractivity contribution is 5.74. The van der Waals surface area contributed by atoms with Gasteiger partial charge in [-0.15, -0.1) is 0 Å². The highest BCUT2D eigenvalue weighted by Gasteiger charge is 2.52. The molecule has 1 saturated carbocycles. The SMILES string of the molecule is CC1C(COC(c2ccccc2)c2ccccc2)C1C(=O)O. The Morgan fingerprint density at radius 1 is 1.05 bits per heavy atom. The van der Waals surface area contributed by atoms with Crippen molar-refractivity contribution in [2.75, 3.05) is 6.61 Å². The van der Waals surface area contributed by atoms with Gasteiger partial charge in [0.2, 0.25) is 0 Å². The van der Waals surface area contributed by atoms with E-state index in [1.165, 1.54) is 0 Å². The molecule has 3 heteroatoms. The summed E-state index contributed by atoms with van der Waals surface area (Å²) >= 11 is 0. The lowest BCUT2D eigenvalue weighted by atomic mass is 10.0. The van der Waals surface area contributed by atoms with Crippen LogP contribution in [0.25, 0.3) is 0 Å². The number of carboxylic acid groups (broad SMARTS) is 1. The van der Waals surface area contributed by atoms with Gasteiger partial charge >= 0.3 is 5.97 Å². The highest BCUT2D eigenvalue weighted by atomic mass is 16.5. The van der Waals surface area contributed by atoms with Crippen molar-refractivity contribution in [3.63, 3.8) is 0 Å². The molecule has 0 radical (unpaired) electrons. The molecule has 1 aliphatic rings. The van der Waals surface area contributed by atoms with Crippen molar-refractivity contribution in [1.29, 1.82) is 0 Å². The number of benzene rings is 2. The van der Waals surface area contributed by atoms with Gasteiger partial charge in [0.15, 0.2) is 0 Å². The number of carboxylic acids is 1. The summed E-state index contributed by atoms with van der Waals surface area (Å²) in [4.78, 5) is 11.1. The molecule has 0 bridgehead atoms. The third-order valence-electron chi connectivity index (χ3n) is 4.51. The van der Waals surface area contributed by atoms with Crippen molar-refractivity contribution < 1.29 is 14.6 Å². The van der Waals surface area contributed by atoms with E-state index in [1.54, 1.807) is 0 Å². The topological polar surface area (TPSA) is 46.5 Å².